The second kappa shape index (κ2) is 9.70. The molecule has 1 aromatic carbocycles. The fraction of sp³-hybridized carbons (Fsp3) is 0.414. The Kier molecular flexibility index (Phi) is 6.21. The number of fused-ring (bicyclic) bond motifs is 1. The lowest BCUT2D eigenvalue weighted by Gasteiger charge is -2.30. The van der Waals surface area contributed by atoms with E-state index in [4.69, 9.17) is 4.99 Å². The normalized spacial score (nSPS) is 19.8. The van der Waals surface area contributed by atoms with E-state index in [2.05, 4.69) is 28.7 Å². The highest BCUT2D eigenvalue weighted by Gasteiger charge is 2.42. The summed E-state index contributed by atoms with van der Waals surface area (Å²) in [7, 11) is 0. The summed E-state index contributed by atoms with van der Waals surface area (Å²) >= 11 is 0. The van der Waals surface area contributed by atoms with Crippen LogP contribution in [-0.4, -0.2) is 57.0 Å². The predicted molar refractivity (Wildman–Crippen MR) is 144 cm³/mol. The lowest BCUT2D eigenvalue weighted by molar-refractivity contribution is -0.132. The van der Waals surface area contributed by atoms with Gasteiger partial charge in [-0.1, -0.05) is 32.0 Å². The summed E-state index contributed by atoms with van der Waals surface area (Å²) in [6, 6.07) is 5.52. The minimum absolute atomic E-state index is 0.100. The van der Waals surface area contributed by atoms with Crippen molar-refractivity contribution >= 4 is 34.7 Å². The first kappa shape index (κ1) is 24.3. The Hall–Kier alpha value is -4.01. The van der Waals surface area contributed by atoms with Gasteiger partial charge >= 0.3 is 0 Å². The molecule has 0 bridgehead atoms. The van der Waals surface area contributed by atoms with E-state index >= 15 is 0 Å². The second-order valence-corrected chi connectivity index (χ2v) is 10.2. The Labute approximate surface area is 221 Å². The van der Waals surface area contributed by atoms with Crippen molar-refractivity contribution in [2.24, 2.45) is 4.99 Å². The van der Waals surface area contributed by atoms with Crippen LogP contribution in [0.25, 0.3) is 5.57 Å². The molecule has 0 radical (unpaired) electrons. The van der Waals surface area contributed by atoms with Gasteiger partial charge in [-0.25, -0.2) is 4.98 Å². The van der Waals surface area contributed by atoms with Gasteiger partial charge in [-0.3, -0.25) is 24.7 Å². The van der Waals surface area contributed by atoms with Crippen LogP contribution in [-0.2, 0) is 33.8 Å². The van der Waals surface area contributed by atoms with Gasteiger partial charge in [0.15, 0.2) is 0 Å². The number of para-hydroxylation sites is 1. The van der Waals surface area contributed by atoms with Crippen LogP contribution < -0.4 is 10.2 Å². The van der Waals surface area contributed by atoms with Crippen LogP contribution >= 0.6 is 0 Å². The Morgan fingerprint density at radius 2 is 1.89 bits per heavy atom. The van der Waals surface area contributed by atoms with Crippen LogP contribution in [0.1, 0.15) is 62.2 Å². The van der Waals surface area contributed by atoms with Crippen LogP contribution in [0.4, 0.5) is 5.69 Å². The van der Waals surface area contributed by atoms with Gasteiger partial charge in [0.1, 0.15) is 11.9 Å². The number of carbonyl (C=O) groups is 3. The van der Waals surface area contributed by atoms with Gasteiger partial charge < -0.3 is 14.4 Å². The maximum Gasteiger partial charge on any atom is 0.261 e. The fourth-order valence-corrected chi connectivity index (χ4v) is 6.17. The highest BCUT2D eigenvalue weighted by molar-refractivity contribution is 6.47. The number of imide groups is 1. The van der Waals surface area contributed by atoms with E-state index in [1.54, 1.807) is 12.4 Å². The number of rotatable bonds is 7. The smallest absolute Gasteiger partial charge is 0.261 e. The third-order valence-corrected chi connectivity index (χ3v) is 7.79. The third kappa shape index (κ3) is 3.79. The van der Waals surface area contributed by atoms with Crippen LogP contribution in [0.3, 0.4) is 0 Å². The SMILES string of the molecule is CCCN(CCC)C(=O)C1Cc2cccc3c2N1C=CN=C3C1=C(c2cnc3n2CCCC3)C(=O)NC1=O. The van der Waals surface area contributed by atoms with Crippen molar-refractivity contribution in [2.75, 3.05) is 18.0 Å². The summed E-state index contributed by atoms with van der Waals surface area (Å²) in [6.45, 7) is 6.38. The summed E-state index contributed by atoms with van der Waals surface area (Å²) in [5.74, 6) is 0.145. The number of nitrogens with zero attached hydrogens (tertiary/aromatic N) is 5. The predicted octanol–water partition coefficient (Wildman–Crippen LogP) is 2.98. The third-order valence-electron chi connectivity index (χ3n) is 7.79. The summed E-state index contributed by atoms with van der Waals surface area (Å²) in [6.07, 6.45) is 10.5. The maximum absolute atomic E-state index is 13.7. The molecule has 9 nitrogen and oxygen atoms in total. The number of carbonyl (C=O) groups excluding carboxylic acids is 3. The number of nitrogens with one attached hydrogen (secondary N) is 1. The van der Waals surface area contributed by atoms with Gasteiger partial charge in [-0.05, 0) is 31.2 Å². The number of imidazole rings is 1. The van der Waals surface area contributed by atoms with Crippen molar-refractivity contribution in [1.29, 1.82) is 0 Å². The first-order chi connectivity index (χ1) is 18.5. The average Bonchev–Trinajstić information content (AvgIpc) is 3.54. The van der Waals surface area contributed by atoms with E-state index in [1.165, 1.54) is 0 Å². The molecule has 3 amide bonds. The van der Waals surface area contributed by atoms with Gasteiger partial charge in [0.2, 0.25) is 5.91 Å². The Balaban J connectivity index is 1.45. The Bertz CT molecular complexity index is 1430. The number of benzene rings is 1. The van der Waals surface area contributed by atoms with Crippen LogP contribution in [0, 0.1) is 0 Å². The van der Waals surface area contributed by atoms with Crippen molar-refractivity contribution in [3.63, 3.8) is 0 Å². The zero-order chi connectivity index (χ0) is 26.4. The van der Waals surface area contributed by atoms with Crippen molar-refractivity contribution in [1.82, 2.24) is 19.8 Å². The number of hydrogen-bond donors (Lipinski definition) is 1. The minimum Gasteiger partial charge on any atom is -0.341 e. The largest absolute Gasteiger partial charge is 0.341 e. The molecular formula is C29H32N6O3. The zero-order valence-electron chi connectivity index (χ0n) is 21.9. The molecule has 6 rings (SSSR count). The molecule has 0 saturated heterocycles. The molecule has 9 heteroatoms. The minimum atomic E-state index is -0.461. The molecule has 196 valence electrons. The van der Waals surface area contributed by atoms with E-state index in [1.807, 2.05) is 34.2 Å². The molecule has 4 aliphatic rings. The van der Waals surface area contributed by atoms with Crippen LogP contribution in [0.2, 0.25) is 0 Å². The van der Waals surface area contributed by atoms with Crippen molar-refractivity contribution in [3.8, 4) is 0 Å². The van der Waals surface area contributed by atoms with Crippen LogP contribution in [0.5, 0.6) is 0 Å². The first-order valence-corrected chi connectivity index (χ1v) is 13.6. The lowest BCUT2D eigenvalue weighted by Crippen LogP contribution is -2.46. The van der Waals surface area contributed by atoms with Crippen LogP contribution in [0.15, 0.2) is 47.4 Å². The fourth-order valence-electron chi connectivity index (χ4n) is 6.17. The molecule has 38 heavy (non-hydrogen) atoms. The molecule has 0 fully saturated rings. The van der Waals surface area contributed by atoms with Crippen molar-refractivity contribution in [3.05, 3.63) is 65.0 Å². The zero-order valence-corrected chi connectivity index (χ0v) is 21.9. The van der Waals surface area contributed by atoms with E-state index in [0.717, 1.165) is 74.4 Å². The molecular weight excluding hydrogens is 480 g/mol. The Morgan fingerprint density at radius 3 is 2.68 bits per heavy atom. The van der Waals surface area contributed by atoms with E-state index in [0.29, 0.717) is 23.4 Å². The lowest BCUT2D eigenvalue weighted by atomic mass is 9.94. The van der Waals surface area contributed by atoms with Gasteiger partial charge in [0, 0.05) is 50.4 Å². The number of hydrogen-bond acceptors (Lipinski definition) is 6. The van der Waals surface area contributed by atoms with E-state index in [-0.39, 0.29) is 17.5 Å². The average molecular weight is 513 g/mol. The van der Waals surface area contributed by atoms with E-state index in [9.17, 15) is 14.4 Å². The molecule has 4 aliphatic heterocycles. The molecule has 1 N–H and O–H groups in total. The van der Waals surface area contributed by atoms with Gasteiger partial charge in [-0.2, -0.15) is 0 Å². The molecule has 0 aliphatic carbocycles. The quantitative estimate of drug-likeness (QED) is 0.575. The number of anilines is 1. The van der Waals surface area contributed by atoms with Crippen molar-refractivity contribution < 1.29 is 14.4 Å². The monoisotopic (exact) mass is 512 g/mol. The van der Waals surface area contributed by atoms with Gasteiger partial charge in [0.05, 0.1) is 34.4 Å². The van der Waals surface area contributed by atoms with Gasteiger partial charge in [-0.15, -0.1) is 0 Å². The van der Waals surface area contributed by atoms with Crippen molar-refractivity contribution in [2.45, 2.75) is 65.0 Å². The molecule has 5 heterocycles. The molecule has 2 aromatic rings. The summed E-state index contributed by atoms with van der Waals surface area (Å²) in [5, 5.41) is 2.50. The molecule has 1 aromatic heterocycles. The highest BCUT2D eigenvalue weighted by atomic mass is 16.2. The highest BCUT2D eigenvalue weighted by Crippen LogP contribution is 2.40. The number of aliphatic imine (C=N–C) groups is 1. The topological polar surface area (TPSA) is 99.9 Å². The van der Waals surface area contributed by atoms with Gasteiger partial charge in [0.25, 0.3) is 11.8 Å². The Morgan fingerprint density at radius 1 is 1.11 bits per heavy atom. The molecule has 1 unspecified atom stereocenters. The standard InChI is InChI=1S/C29H32N6O3/c1-3-12-33(13-4-2)29(38)20-16-18-8-7-9-19-25(30-11-15-35(20)26(18)19)24-23(27(36)32-28(24)37)21-17-31-22-10-5-6-14-34(21)22/h7-9,11,15,17,20H,3-6,10,12-14,16H2,1-2H3,(H,32,36,37). The number of aryl methyl sites for hydroxylation is 1. The number of amides is 3. The molecule has 1 atom stereocenters. The number of aromatic nitrogens is 2. The maximum atomic E-state index is 13.7. The summed E-state index contributed by atoms with van der Waals surface area (Å²) < 4.78 is 2.05. The second-order valence-electron chi connectivity index (χ2n) is 10.2. The molecule has 0 spiro atoms. The first-order valence-electron chi connectivity index (χ1n) is 13.6. The molecule has 0 saturated carbocycles. The van der Waals surface area contributed by atoms with E-state index < -0.39 is 11.8 Å². The summed E-state index contributed by atoms with van der Waals surface area (Å²) in [4.78, 5) is 53.3. The summed E-state index contributed by atoms with van der Waals surface area (Å²) in [5.41, 5.74) is 4.32.